The molecule has 2 rings (SSSR count). The van der Waals surface area contributed by atoms with E-state index in [9.17, 15) is 4.79 Å². The second kappa shape index (κ2) is 6.87. The van der Waals surface area contributed by atoms with Crippen LogP contribution in [0.25, 0.3) is 0 Å². The summed E-state index contributed by atoms with van der Waals surface area (Å²) in [7, 11) is 0. The molecular formula is C17H19BrN2O. The van der Waals surface area contributed by atoms with Crippen molar-refractivity contribution in [2.24, 2.45) is 5.73 Å². The fourth-order valence-corrected chi connectivity index (χ4v) is 2.44. The number of aryl methyl sites for hydroxylation is 2. The van der Waals surface area contributed by atoms with Crippen LogP contribution in [0.1, 0.15) is 16.7 Å². The van der Waals surface area contributed by atoms with Gasteiger partial charge in [-0.15, -0.1) is 0 Å². The minimum Gasteiger partial charge on any atom is -0.325 e. The monoisotopic (exact) mass is 346 g/mol. The maximum Gasteiger partial charge on any atom is 0.241 e. The molecule has 2 aromatic carbocycles. The second-order valence-corrected chi connectivity index (χ2v) is 6.00. The van der Waals surface area contributed by atoms with Crippen LogP contribution in [0.3, 0.4) is 0 Å². The summed E-state index contributed by atoms with van der Waals surface area (Å²) in [4.78, 5) is 12.2. The number of benzene rings is 2. The third-order valence-corrected chi connectivity index (χ3v) is 4.59. The van der Waals surface area contributed by atoms with Crippen molar-refractivity contribution in [2.75, 3.05) is 5.32 Å². The van der Waals surface area contributed by atoms with Gasteiger partial charge in [0, 0.05) is 10.2 Å². The lowest BCUT2D eigenvalue weighted by Gasteiger charge is -2.14. The van der Waals surface area contributed by atoms with Gasteiger partial charge in [0.1, 0.15) is 0 Å². The molecule has 3 nitrogen and oxygen atoms in total. The van der Waals surface area contributed by atoms with Crippen molar-refractivity contribution in [3.63, 3.8) is 0 Å². The normalized spacial score (nSPS) is 12.0. The van der Waals surface area contributed by atoms with E-state index in [1.807, 2.05) is 56.3 Å². The summed E-state index contributed by atoms with van der Waals surface area (Å²) >= 11 is 3.52. The number of rotatable bonds is 4. The SMILES string of the molecule is Cc1cc(NC(=O)C(N)Cc2ccccc2)cc(C)c1Br. The van der Waals surface area contributed by atoms with Gasteiger partial charge in [-0.25, -0.2) is 0 Å². The molecule has 21 heavy (non-hydrogen) atoms. The Hall–Kier alpha value is -1.65. The highest BCUT2D eigenvalue weighted by atomic mass is 79.9. The summed E-state index contributed by atoms with van der Waals surface area (Å²) in [5, 5.41) is 2.89. The van der Waals surface area contributed by atoms with E-state index in [1.165, 1.54) is 0 Å². The highest BCUT2D eigenvalue weighted by Gasteiger charge is 2.15. The lowest BCUT2D eigenvalue weighted by Crippen LogP contribution is -2.37. The third kappa shape index (κ3) is 4.16. The van der Waals surface area contributed by atoms with Crippen LogP contribution in [-0.4, -0.2) is 11.9 Å². The van der Waals surface area contributed by atoms with E-state index in [4.69, 9.17) is 5.73 Å². The molecule has 0 saturated heterocycles. The topological polar surface area (TPSA) is 55.1 Å². The molecule has 0 saturated carbocycles. The highest BCUT2D eigenvalue weighted by Crippen LogP contribution is 2.25. The average molecular weight is 347 g/mol. The summed E-state index contributed by atoms with van der Waals surface area (Å²) in [6, 6.07) is 13.1. The van der Waals surface area contributed by atoms with Crippen LogP contribution in [0.15, 0.2) is 46.9 Å². The van der Waals surface area contributed by atoms with Crippen LogP contribution in [0.2, 0.25) is 0 Å². The number of anilines is 1. The Morgan fingerprint density at radius 1 is 1.19 bits per heavy atom. The van der Waals surface area contributed by atoms with Gasteiger partial charge in [0.15, 0.2) is 0 Å². The minimum atomic E-state index is -0.559. The number of hydrogen-bond acceptors (Lipinski definition) is 2. The highest BCUT2D eigenvalue weighted by molar-refractivity contribution is 9.10. The molecule has 110 valence electrons. The molecule has 0 aliphatic heterocycles. The molecule has 0 aliphatic carbocycles. The van der Waals surface area contributed by atoms with Crippen molar-refractivity contribution >= 4 is 27.5 Å². The lowest BCUT2D eigenvalue weighted by atomic mass is 10.1. The largest absolute Gasteiger partial charge is 0.325 e. The molecule has 2 aromatic rings. The molecule has 4 heteroatoms. The quantitative estimate of drug-likeness (QED) is 0.888. The summed E-state index contributed by atoms with van der Waals surface area (Å²) in [6.07, 6.45) is 0.529. The van der Waals surface area contributed by atoms with Crippen molar-refractivity contribution in [2.45, 2.75) is 26.3 Å². The zero-order chi connectivity index (χ0) is 15.4. The Morgan fingerprint density at radius 2 is 1.76 bits per heavy atom. The summed E-state index contributed by atoms with van der Waals surface area (Å²) < 4.78 is 1.06. The zero-order valence-electron chi connectivity index (χ0n) is 12.2. The van der Waals surface area contributed by atoms with Gasteiger partial charge in [0.05, 0.1) is 6.04 Å². The van der Waals surface area contributed by atoms with Crippen LogP contribution in [-0.2, 0) is 11.2 Å². The van der Waals surface area contributed by atoms with Crippen LogP contribution >= 0.6 is 15.9 Å². The summed E-state index contributed by atoms with van der Waals surface area (Å²) in [5.74, 6) is -0.167. The van der Waals surface area contributed by atoms with Crippen molar-refractivity contribution in [3.05, 3.63) is 63.6 Å². The number of amides is 1. The van der Waals surface area contributed by atoms with Crippen LogP contribution in [0, 0.1) is 13.8 Å². The molecule has 0 bridgehead atoms. The molecule has 0 aromatic heterocycles. The molecule has 0 radical (unpaired) electrons. The molecule has 1 amide bonds. The van der Waals surface area contributed by atoms with Gasteiger partial charge in [-0.3, -0.25) is 4.79 Å². The number of nitrogens with two attached hydrogens (primary N) is 1. The first-order valence-corrected chi connectivity index (χ1v) is 7.64. The van der Waals surface area contributed by atoms with E-state index in [0.29, 0.717) is 6.42 Å². The summed E-state index contributed by atoms with van der Waals surface area (Å²) in [5.41, 5.74) is 9.99. The maximum absolute atomic E-state index is 12.2. The van der Waals surface area contributed by atoms with Gasteiger partial charge >= 0.3 is 0 Å². The maximum atomic E-state index is 12.2. The average Bonchev–Trinajstić information content (AvgIpc) is 2.45. The van der Waals surface area contributed by atoms with Crippen LogP contribution in [0.5, 0.6) is 0 Å². The van der Waals surface area contributed by atoms with Gasteiger partial charge in [-0.2, -0.15) is 0 Å². The smallest absolute Gasteiger partial charge is 0.241 e. The van der Waals surface area contributed by atoms with Gasteiger partial charge in [0.2, 0.25) is 5.91 Å². The predicted molar refractivity (Wildman–Crippen MR) is 90.4 cm³/mol. The van der Waals surface area contributed by atoms with Crippen molar-refractivity contribution in [1.82, 2.24) is 0 Å². The lowest BCUT2D eigenvalue weighted by molar-refractivity contribution is -0.117. The van der Waals surface area contributed by atoms with Gasteiger partial charge in [-0.05, 0) is 49.1 Å². The summed E-state index contributed by atoms with van der Waals surface area (Å²) in [6.45, 7) is 3.99. The van der Waals surface area contributed by atoms with Gasteiger partial charge in [-0.1, -0.05) is 46.3 Å². The molecule has 0 fully saturated rings. The number of nitrogens with one attached hydrogen (secondary N) is 1. The van der Waals surface area contributed by atoms with Crippen molar-refractivity contribution < 1.29 is 4.79 Å². The first-order chi connectivity index (χ1) is 9.97. The molecule has 0 heterocycles. The van der Waals surface area contributed by atoms with E-state index in [0.717, 1.165) is 26.9 Å². The minimum absolute atomic E-state index is 0.167. The molecular weight excluding hydrogens is 328 g/mol. The number of carbonyl (C=O) groups excluding carboxylic acids is 1. The molecule has 1 atom stereocenters. The Labute approximate surface area is 133 Å². The first-order valence-electron chi connectivity index (χ1n) is 6.84. The predicted octanol–water partition coefficient (Wildman–Crippen LogP) is 3.57. The van der Waals surface area contributed by atoms with E-state index in [1.54, 1.807) is 0 Å². The van der Waals surface area contributed by atoms with Crippen LogP contribution in [0.4, 0.5) is 5.69 Å². The fraction of sp³-hybridized carbons (Fsp3) is 0.235. The molecule has 1 unspecified atom stereocenters. The van der Waals surface area contributed by atoms with Gasteiger partial charge in [0.25, 0.3) is 0 Å². The molecule has 0 aliphatic rings. The first kappa shape index (κ1) is 15.7. The fourth-order valence-electron chi connectivity index (χ4n) is 2.21. The Bertz CT molecular complexity index is 617. The van der Waals surface area contributed by atoms with Crippen molar-refractivity contribution in [3.8, 4) is 0 Å². The number of hydrogen-bond donors (Lipinski definition) is 2. The Morgan fingerprint density at radius 3 is 2.33 bits per heavy atom. The van der Waals surface area contributed by atoms with E-state index in [-0.39, 0.29) is 5.91 Å². The second-order valence-electron chi connectivity index (χ2n) is 5.21. The van der Waals surface area contributed by atoms with E-state index >= 15 is 0 Å². The zero-order valence-corrected chi connectivity index (χ0v) is 13.8. The van der Waals surface area contributed by atoms with E-state index < -0.39 is 6.04 Å². The Balaban J connectivity index is 2.04. The number of halogens is 1. The van der Waals surface area contributed by atoms with E-state index in [2.05, 4.69) is 21.2 Å². The standard InChI is InChI=1S/C17H19BrN2O/c1-11-8-14(9-12(2)16(11)18)20-17(21)15(19)10-13-6-4-3-5-7-13/h3-9,15H,10,19H2,1-2H3,(H,20,21). The number of carbonyl (C=O) groups is 1. The van der Waals surface area contributed by atoms with Crippen molar-refractivity contribution in [1.29, 1.82) is 0 Å². The molecule has 0 spiro atoms. The van der Waals surface area contributed by atoms with Gasteiger partial charge < -0.3 is 11.1 Å². The molecule has 3 N–H and O–H groups in total. The van der Waals surface area contributed by atoms with Crippen LogP contribution < -0.4 is 11.1 Å². The third-order valence-electron chi connectivity index (χ3n) is 3.34. The Kier molecular flexibility index (Phi) is 5.15.